The first kappa shape index (κ1) is 27.5. The zero-order chi connectivity index (χ0) is 27.0. The molecule has 0 aliphatic heterocycles. The number of thiophene rings is 1. The topological polar surface area (TPSA) is 76.9 Å². The number of nitrogens with one attached hydrogen (secondary N) is 1. The van der Waals surface area contributed by atoms with Gasteiger partial charge < -0.3 is 4.57 Å². The zero-order valence-corrected chi connectivity index (χ0v) is 24.6. The number of pyridine rings is 1. The molecular formula is C29H38N4O2S2. The number of hydrogen-bond donors (Lipinski definition) is 1. The van der Waals surface area contributed by atoms with Gasteiger partial charge in [-0.1, -0.05) is 44.5 Å². The average Bonchev–Trinajstić information content (AvgIpc) is 3.39. The molecule has 0 fully saturated rings. The Hall–Kier alpha value is -2.55. The van der Waals surface area contributed by atoms with E-state index in [9.17, 15) is 8.42 Å². The number of aryl methyl sites for hydroxylation is 4. The number of sulfonamides is 1. The highest BCUT2D eigenvalue weighted by Gasteiger charge is 2.27. The van der Waals surface area contributed by atoms with Crippen LogP contribution in [-0.2, 0) is 29.4 Å². The third-order valence-electron chi connectivity index (χ3n) is 6.23. The SMILES string of the molecule is CCCCc1cc(-c2ccc(Cn3c(CC)nc4c(C)cc(C)nc43)cc2)c(S(=O)(=O)NC(C)(C)C)s1. The first-order chi connectivity index (χ1) is 17.4. The first-order valence-corrected chi connectivity index (χ1v) is 15.3. The molecule has 4 rings (SSSR count). The molecule has 3 heterocycles. The van der Waals surface area contributed by atoms with Crippen LogP contribution in [0.5, 0.6) is 0 Å². The van der Waals surface area contributed by atoms with Gasteiger partial charge in [-0.25, -0.2) is 23.1 Å². The molecule has 0 bridgehead atoms. The van der Waals surface area contributed by atoms with Crippen molar-refractivity contribution in [1.29, 1.82) is 0 Å². The molecule has 37 heavy (non-hydrogen) atoms. The summed E-state index contributed by atoms with van der Waals surface area (Å²) < 4.78 is 32.1. The van der Waals surface area contributed by atoms with Crippen LogP contribution < -0.4 is 4.72 Å². The molecule has 8 heteroatoms. The van der Waals surface area contributed by atoms with Crippen LogP contribution in [0, 0.1) is 13.8 Å². The van der Waals surface area contributed by atoms with Gasteiger partial charge in [-0.15, -0.1) is 11.3 Å². The molecule has 198 valence electrons. The van der Waals surface area contributed by atoms with Crippen molar-refractivity contribution in [2.45, 2.75) is 90.4 Å². The van der Waals surface area contributed by atoms with Crippen LogP contribution in [0.15, 0.2) is 40.6 Å². The van der Waals surface area contributed by atoms with Crippen molar-refractivity contribution < 1.29 is 8.42 Å². The second-order valence-corrected chi connectivity index (χ2v) is 13.8. The van der Waals surface area contributed by atoms with E-state index in [-0.39, 0.29) is 0 Å². The number of unbranched alkanes of at least 4 members (excludes halogenated alkanes) is 1. The van der Waals surface area contributed by atoms with Crippen LogP contribution in [0.1, 0.15) is 75.0 Å². The summed E-state index contributed by atoms with van der Waals surface area (Å²) in [7, 11) is -3.65. The lowest BCUT2D eigenvalue weighted by Crippen LogP contribution is -2.40. The number of imidazole rings is 1. The minimum Gasteiger partial charge on any atom is -0.308 e. The van der Waals surface area contributed by atoms with E-state index in [1.165, 1.54) is 11.3 Å². The lowest BCUT2D eigenvalue weighted by molar-refractivity contribution is 0.493. The molecule has 0 atom stereocenters. The summed E-state index contributed by atoms with van der Waals surface area (Å²) in [5.74, 6) is 1.01. The largest absolute Gasteiger partial charge is 0.308 e. The normalized spacial score (nSPS) is 12.5. The van der Waals surface area contributed by atoms with E-state index < -0.39 is 15.6 Å². The van der Waals surface area contributed by atoms with Crippen LogP contribution in [-0.4, -0.2) is 28.5 Å². The van der Waals surface area contributed by atoms with Gasteiger partial charge >= 0.3 is 0 Å². The summed E-state index contributed by atoms with van der Waals surface area (Å²) in [6.45, 7) is 14.6. The highest BCUT2D eigenvalue weighted by atomic mass is 32.2. The number of benzene rings is 1. The Morgan fingerprint density at radius 1 is 1.03 bits per heavy atom. The Labute approximate surface area is 225 Å². The van der Waals surface area contributed by atoms with Crippen molar-refractivity contribution in [3.05, 3.63) is 63.9 Å². The third kappa shape index (κ3) is 6.13. The fraction of sp³-hybridized carbons (Fsp3) is 0.448. The minimum absolute atomic E-state index is 0.394. The Morgan fingerprint density at radius 3 is 2.35 bits per heavy atom. The molecule has 0 amide bonds. The molecule has 0 aliphatic rings. The van der Waals surface area contributed by atoms with Gasteiger partial charge in [0.25, 0.3) is 10.0 Å². The van der Waals surface area contributed by atoms with E-state index in [2.05, 4.69) is 54.3 Å². The maximum absolute atomic E-state index is 13.3. The Kier molecular flexibility index (Phi) is 7.93. The smallest absolute Gasteiger partial charge is 0.251 e. The van der Waals surface area contributed by atoms with Crippen LogP contribution >= 0.6 is 11.3 Å². The summed E-state index contributed by atoms with van der Waals surface area (Å²) in [5.41, 5.74) is 6.25. The predicted octanol–water partition coefficient (Wildman–Crippen LogP) is 6.81. The van der Waals surface area contributed by atoms with Crippen molar-refractivity contribution in [3.8, 4) is 11.1 Å². The number of nitrogens with zero attached hydrogens (tertiary/aromatic N) is 3. The van der Waals surface area contributed by atoms with E-state index in [1.807, 2.05) is 39.8 Å². The molecule has 4 aromatic rings. The van der Waals surface area contributed by atoms with E-state index in [0.29, 0.717) is 10.8 Å². The number of fused-ring (bicyclic) bond motifs is 1. The molecule has 0 saturated heterocycles. The average molecular weight is 539 g/mol. The Bertz CT molecular complexity index is 1510. The summed E-state index contributed by atoms with van der Waals surface area (Å²) in [4.78, 5) is 10.7. The third-order valence-corrected chi connectivity index (χ3v) is 9.72. The number of aromatic nitrogens is 3. The van der Waals surface area contributed by atoms with E-state index in [4.69, 9.17) is 9.97 Å². The molecule has 0 spiro atoms. The molecule has 0 aliphatic carbocycles. The summed E-state index contributed by atoms with van der Waals surface area (Å²) >= 11 is 1.39. The molecule has 6 nitrogen and oxygen atoms in total. The van der Waals surface area contributed by atoms with Crippen LogP contribution in [0.4, 0.5) is 0 Å². The highest BCUT2D eigenvalue weighted by molar-refractivity contribution is 7.91. The highest BCUT2D eigenvalue weighted by Crippen LogP contribution is 2.37. The van der Waals surface area contributed by atoms with Gasteiger partial charge in [-0.05, 0) is 76.3 Å². The fourth-order valence-corrected chi connectivity index (χ4v) is 7.80. The van der Waals surface area contributed by atoms with Crippen molar-refractivity contribution in [3.63, 3.8) is 0 Å². The van der Waals surface area contributed by atoms with Crippen LogP contribution in [0.3, 0.4) is 0 Å². The quantitative estimate of drug-likeness (QED) is 0.254. The number of hydrogen-bond acceptors (Lipinski definition) is 5. The lowest BCUT2D eigenvalue weighted by atomic mass is 10.1. The minimum atomic E-state index is -3.65. The van der Waals surface area contributed by atoms with Gasteiger partial charge in [-0.2, -0.15) is 0 Å². The first-order valence-electron chi connectivity index (χ1n) is 13.0. The standard InChI is InChI=1S/C29H38N4O2S2/c1-8-10-11-23-17-24(28(36-23)37(34,35)32-29(5,6)7)22-14-12-21(13-15-22)18-33-25(9-2)31-26-19(3)16-20(4)30-27(26)33/h12-17,32H,8-11,18H2,1-7H3. The predicted molar refractivity (Wildman–Crippen MR) is 154 cm³/mol. The molecule has 0 unspecified atom stereocenters. The molecule has 3 aromatic heterocycles. The second kappa shape index (κ2) is 10.7. The molecular weight excluding hydrogens is 500 g/mol. The van der Waals surface area contributed by atoms with Crippen molar-refractivity contribution in [2.24, 2.45) is 0 Å². The van der Waals surface area contributed by atoms with Crippen LogP contribution in [0.2, 0.25) is 0 Å². The second-order valence-electron chi connectivity index (χ2n) is 10.8. The molecule has 0 saturated carbocycles. The summed E-state index contributed by atoms with van der Waals surface area (Å²) in [6.07, 6.45) is 3.82. The number of rotatable bonds is 9. The van der Waals surface area contributed by atoms with Crippen LogP contribution in [0.25, 0.3) is 22.3 Å². The van der Waals surface area contributed by atoms with Gasteiger partial charge in [0.15, 0.2) is 5.65 Å². The maximum Gasteiger partial charge on any atom is 0.251 e. The van der Waals surface area contributed by atoms with E-state index in [0.717, 1.165) is 75.5 Å². The van der Waals surface area contributed by atoms with Gasteiger partial charge in [0.2, 0.25) is 0 Å². The van der Waals surface area contributed by atoms with Crippen molar-refractivity contribution in [2.75, 3.05) is 0 Å². The summed E-state index contributed by atoms with van der Waals surface area (Å²) in [5, 5.41) is 0. The lowest BCUT2D eigenvalue weighted by Gasteiger charge is -2.20. The summed E-state index contributed by atoms with van der Waals surface area (Å²) in [6, 6.07) is 12.4. The monoisotopic (exact) mass is 538 g/mol. The van der Waals surface area contributed by atoms with E-state index >= 15 is 0 Å². The van der Waals surface area contributed by atoms with Gasteiger partial charge in [0, 0.05) is 28.1 Å². The van der Waals surface area contributed by atoms with Gasteiger partial charge in [0.1, 0.15) is 15.6 Å². The Balaban J connectivity index is 1.70. The molecule has 0 radical (unpaired) electrons. The van der Waals surface area contributed by atoms with Gasteiger partial charge in [0.05, 0.1) is 6.54 Å². The van der Waals surface area contributed by atoms with Crippen molar-refractivity contribution >= 4 is 32.5 Å². The molecule has 1 N–H and O–H groups in total. The van der Waals surface area contributed by atoms with E-state index in [1.54, 1.807) is 0 Å². The zero-order valence-electron chi connectivity index (χ0n) is 23.0. The van der Waals surface area contributed by atoms with Crippen molar-refractivity contribution in [1.82, 2.24) is 19.3 Å². The maximum atomic E-state index is 13.3. The van der Waals surface area contributed by atoms with Gasteiger partial charge in [-0.3, -0.25) is 0 Å². The Morgan fingerprint density at radius 2 is 1.73 bits per heavy atom. The molecule has 1 aromatic carbocycles. The fourth-order valence-electron chi connectivity index (χ4n) is 4.60.